The van der Waals surface area contributed by atoms with Gasteiger partial charge in [0.25, 0.3) is 0 Å². The van der Waals surface area contributed by atoms with Crippen molar-refractivity contribution in [2.24, 2.45) is 0 Å². The number of hydrogen-bond donors (Lipinski definition) is 0. The highest BCUT2D eigenvalue weighted by Crippen LogP contribution is 2.31. The highest BCUT2D eigenvalue weighted by Gasteiger charge is 2.14. The van der Waals surface area contributed by atoms with E-state index in [0.717, 1.165) is 5.56 Å². The smallest absolute Gasteiger partial charge is 0.145 e. The Morgan fingerprint density at radius 2 is 1.95 bits per heavy atom. The SMILES string of the molecule is N#Cc1sc(-c2cnccn2)nc1-c1ccccc1. The van der Waals surface area contributed by atoms with E-state index in [2.05, 4.69) is 21.0 Å². The van der Waals surface area contributed by atoms with Crippen LogP contribution in [0.4, 0.5) is 0 Å². The molecule has 4 nitrogen and oxygen atoms in total. The van der Waals surface area contributed by atoms with E-state index in [-0.39, 0.29) is 0 Å². The fourth-order valence-electron chi connectivity index (χ4n) is 1.71. The molecule has 0 radical (unpaired) electrons. The molecule has 0 saturated carbocycles. The summed E-state index contributed by atoms with van der Waals surface area (Å²) in [5.74, 6) is 0. The Bertz CT molecular complexity index is 729. The van der Waals surface area contributed by atoms with E-state index in [9.17, 15) is 5.26 Å². The maximum Gasteiger partial charge on any atom is 0.145 e. The van der Waals surface area contributed by atoms with Gasteiger partial charge in [0, 0.05) is 18.0 Å². The second kappa shape index (κ2) is 4.96. The van der Waals surface area contributed by atoms with Crippen LogP contribution in [0.25, 0.3) is 22.0 Å². The normalized spacial score (nSPS) is 10.1. The van der Waals surface area contributed by atoms with Crippen LogP contribution in [0.2, 0.25) is 0 Å². The standard InChI is InChI=1S/C14H8N4S/c15-8-12-13(10-4-2-1-3-5-10)18-14(19-12)11-9-16-6-7-17-11/h1-7,9H. The van der Waals surface area contributed by atoms with Gasteiger partial charge in [0.15, 0.2) is 0 Å². The molecule has 0 fully saturated rings. The lowest BCUT2D eigenvalue weighted by molar-refractivity contribution is 1.19. The summed E-state index contributed by atoms with van der Waals surface area (Å²) in [6.07, 6.45) is 4.88. The van der Waals surface area contributed by atoms with Crippen LogP contribution in [0.1, 0.15) is 4.88 Å². The molecule has 0 aliphatic rings. The molecule has 0 atom stereocenters. The Labute approximate surface area is 114 Å². The molecule has 0 bridgehead atoms. The minimum absolute atomic E-state index is 0.590. The van der Waals surface area contributed by atoms with Crippen LogP contribution in [0.15, 0.2) is 48.9 Å². The molecule has 0 unspecified atom stereocenters. The van der Waals surface area contributed by atoms with Gasteiger partial charge in [-0.15, -0.1) is 11.3 Å². The Balaban J connectivity index is 2.13. The minimum Gasteiger partial charge on any atom is -0.261 e. The highest BCUT2D eigenvalue weighted by atomic mass is 32.1. The van der Waals surface area contributed by atoms with Crippen molar-refractivity contribution >= 4 is 11.3 Å². The molecule has 0 aliphatic heterocycles. The van der Waals surface area contributed by atoms with Crippen molar-refractivity contribution in [3.8, 4) is 28.0 Å². The quantitative estimate of drug-likeness (QED) is 0.713. The van der Waals surface area contributed by atoms with E-state index < -0.39 is 0 Å². The Hall–Kier alpha value is -2.58. The monoisotopic (exact) mass is 264 g/mol. The molecule has 2 heterocycles. The van der Waals surface area contributed by atoms with Crippen LogP contribution in [0, 0.1) is 11.3 Å². The fraction of sp³-hybridized carbons (Fsp3) is 0. The zero-order valence-corrected chi connectivity index (χ0v) is 10.6. The lowest BCUT2D eigenvalue weighted by Crippen LogP contribution is -1.84. The number of hydrogen-bond acceptors (Lipinski definition) is 5. The van der Waals surface area contributed by atoms with E-state index in [0.29, 0.717) is 21.3 Å². The molecule has 5 heteroatoms. The number of rotatable bonds is 2. The molecule has 0 aliphatic carbocycles. The number of thiazole rings is 1. The van der Waals surface area contributed by atoms with E-state index in [1.807, 2.05) is 30.3 Å². The van der Waals surface area contributed by atoms with Gasteiger partial charge < -0.3 is 0 Å². The van der Waals surface area contributed by atoms with Gasteiger partial charge in [-0.1, -0.05) is 30.3 Å². The van der Waals surface area contributed by atoms with Crippen LogP contribution >= 0.6 is 11.3 Å². The van der Waals surface area contributed by atoms with Gasteiger partial charge in [-0.3, -0.25) is 9.97 Å². The van der Waals surface area contributed by atoms with E-state index >= 15 is 0 Å². The molecule has 0 saturated heterocycles. The molecule has 19 heavy (non-hydrogen) atoms. The first-order chi connectivity index (χ1) is 9.38. The van der Waals surface area contributed by atoms with Crippen molar-refractivity contribution < 1.29 is 0 Å². The largest absolute Gasteiger partial charge is 0.261 e. The Kier molecular flexibility index (Phi) is 3.01. The molecule has 3 rings (SSSR count). The van der Waals surface area contributed by atoms with Crippen LogP contribution in [0.5, 0.6) is 0 Å². The maximum atomic E-state index is 9.22. The molecule has 3 aromatic rings. The van der Waals surface area contributed by atoms with Gasteiger partial charge in [0.1, 0.15) is 21.6 Å². The summed E-state index contributed by atoms with van der Waals surface area (Å²) in [5.41, 5.74) is 2.32. The molecular weight excluding hydrogens is 256 g/mol. The maximum absolute atomic E-state index is 9.22. The Morgan fingerprint density at radius 1 is 1.11 bits per heavy atom. The number of nitrogens with zero attached hydrogens (tertiary/aromatic N) is 4. The zero-order valence-electron chi connectivity index (χ0n) is 9.82. The van der Waals surface area contributed by atoms with E-state index in [1.54, 1.807) is 18.6 Å². The first-order valence-corrected chi connectivity index (χ1v) is 6.43. The molecule has 0 spiro atoms. The summed E-state index contributed by atoms with van der Waals surface area (Å²) in [5, 5.41) is 9.94. The predicted molar refractivity (Wildman–Crippen MR) is 73.3 cm³/mol. The summed E-state index contributed by atoms with van der Waals surface area (Å²) in [4.78, 5) is 13.3. The summed E-state index contributed by atoms with van der Waals surface area (Å²) in [6.45, 7) is 0. The van der Waals surface area contributed by atoms with Crippen molar-refractivity contribution in [2.75, 3.05) is 0 Å². The summed E-state index contributed by atoms with van der Waals surface area (Å²) >= 11 is 1.33. The summed E-state index contributed by atoms with van der Waals surface area (Å²) in [6, 6.07) is 11.9. The van der Waals surface area contributed by atoms with Crippen LogP contribution in [-0.2, 0) is 0 Å². The third-order valence-corrected chi connectivity index (χ3v) is 3.54. The zero-order chi connectivity index (χ0) is 13.1. The molecule has 1 aromatic carbocycles. The van der Waals surface area contributed by atoms with Crippen molar-refractivity contribution in [1.82, 2.24) is 15.0 Å². The Morgan fingerprint density at radius 3 is 2.63 bits per heavy atom. The van der Waals surface area contributed by atoms with Crippen molar-refractivity contribution in [3.05, 3.63) is 53.8 Å². The average Bonchev–Trinajstić information content (AvgIpc) is 2.93. The van der Waals surface area contributed by atoms with Gasteiger partial charge in [0.2, 0.25) is 0 Å². The van der Waals surface area contributed by atoms with Gasteiger partial charge in [-0.25, -0.2) is 4.98 Å². The number of aromatic nitrogens is 3. The van der Waals surface area contributed by atoms with Crippen LogP contribution in [0.3, 0.4) is 0 Å². The second-order valence-corrected chi connectivity index (χ2v) is 4.76. The lowest BCUT2D eigenvalue weighted by atomic mass is 10.1. The van der Waals surface area contributed by atoms with Crippen molar-refractivity contribution in [2.45, 2.75) is 0 Å². The topological polar surface area (TPSA) is 62.5 Å². The fourth-order valence-corrected chi connectivity index (χ4v) is 2.55. The third-order valence-electron chi connectivity index (χ3n) is 2.56. The lowest BCUT2D eigenvalue weighted by Gasteiger charge is -1.95. The average molecular weight is 264 g/mol. The molecule has 90 valence electrons. The first kappa shape index (κ1) is 11.5. The number of nitriles is 1. The molecule has 0 amide bonds. The predicted octanol–water partition coefficient (Wildman–Crippen LogP) is 3.14. The summed E-state index contributed by atoms with van der Waals surface area (Å²) < 4.78 is 0. The minimum atomic E-state index is 0.590. The van der Waals surface area contributed by atoms with Gasteiger partial charge in [0.05, 0.1) is 11.9 Å². The second-order valence-electron chi connectivity index (χ2n) is 3.77. The van der Waals surface area contributed by atoms with Gasteiger partial charge in [-0.05, 0) is 0 Å². The van der Waals surface area contributed by atoms with E-state index in [4.69, 9.17) is 0 Å². The van der Waals surface area contributed by atoms with E-state index in [1.165, 1.54) is 11.3 Å². The molecular formula is C14H8N4S. The molecule has 0 N–H and O–H groups in total. The third kappa shape index (κ3) is 2.21. The highest BCUT2D eigenvalue weighted by molar-refractivity contribution is 7.16. The first-order valence-electron chi connectivity index (χ1n) is 5.61. The molecule has 2 aromatic heterocycles. The summed E-state index contributed by atoms with van der Waals surface area (Å²) in [7, 11) is 0. The number of benzene rings is 1. The van der Waals surface area contributed by atoms with Gasteiger partial charge in [-0.2, -0.15) is 5.26 Å². The van der Waals surface area contributed by atoms with Crippen LogP contribution in [-0.4, -0.2) is 15.0 Å². The van der Waals surface area contributed by atoms with Crippen LogP contribution < -0.4 is 0 Å². The van der Waals surface area contributed by atoms with Crippen molar-refractivity contribution in [3.63, 3.8) is 0 Å². The van der Waals surface area contributed by atoms with Crippen molar-refractivity contribution in [1.29, 1.82) is 5.26 Å². The van der Waals surface area contributed by atoms with Gasteiger partial charge >= 0.3 is 0 Å².